The monoisotopic (exact) mass is 255 g/mol. The van der Waals surface area contributed by atoms with Crippen LogP contribution in [0.25, 0.3) is 0 Å². The lowest BCUT2D eigenvalue weighted by Crippen LogP contribution is -1.91. The molecule has 4 heteroatoms. The van der Waals surface area contributed by atoms with Crippen molar-refractivity contribution in [3.8, 4) is 29.1 Å². The highest BCUT2D eigenvalue weighted by molar-refractivity contribution is 5.49. The number of benzene rings is 2. The maximum absolute atomic E-state index is 9.05. The fraction of sp³-hybridized carbons (Fsp3) is 0.133. The van der Waals surface area contributed by atoms with Gasteiger partial charge in [0.2, 0.25) is 0 Å². The molecule has 0 fully saturated rings. The van der Waals surface area contributed by atoms with E-state index in [1.807, 2.05) is 0 Å². The molecular formula is C15H13NO3. The number of hydrogen-bond donors (Lipinski definition) is 0. The van der Waals surface area contributed by atoms with Crippen LogP contribution in [0.1, 0.15) is 5.56 Å². The largest absolute Gasteiger partial charge is 0.497 e. The van der Waals surface area contributed by atoms with Crippen LogP contribution in [0.15, 0.2) is 42.5 Å². The van der Waals surface area contributed by atoms with E-state index < -0.39 is 0 Å². The van der Waals surface area contributed by atoms with Crippen molar-refractivity contribution >= 4 is 0 Å². The van der Waals surface area contributed by atoms with Crippen molar-refractivity contribution in [3.05, 3.63) is 48.0 Å². The molecule has 0 aliphatic heterocycles. The van der Waals surface area contributed by atoms with Crippen molar-refractivity contribution in [3.63, 3.8) is 0 Å². The molecule has 2 aromatic rings. The summed E-state index contributed by atoms with van der Waals surface area (Å²) in [6.45, 7) is 0. The molecular weight excluding hydrogens is 242 g/mol. The molecule has 0 amide bonds. The van der Waals surface area contributed by atoms with Gasteiger partial charge in [0.15, 0.2) is 0 Å². The van der Waals surface area contributed by atoms with E-state index in [1.54, 1.807) is 56.7 Å². The molecule has 0 saturated heterocycles. The smallest absolute Gasteiger partial charge is 0.148 e. The van der Waals surface area contributed by atoms with Gasteiger partial charge >= 0.3 is 0 Å². The number of rotatable bonds is 4. The summed E-state index contributed by atoms with van der Waals surface area (Å²) in [7, 11) is 3.17. The molecule has 96 valence electrons. The molecule has 0 heterocycles. The van der Waals surface area contributed by atoms with Crippen LogP contribution in [0.2, 0.25) is 0 Å². The molecule has 0 unspecified atom stereocenters. The zero-order valence-corrected chi connectivity index (χ0v) is 10.7. The van der Waals surface area contributed by atoms with Crippen LogP contribution in [0.4, 0.5) is 0 Å². The summed E-state index contributed by atoms with van der Waals surface area (Å²) < 4.78 is 15.9. The Morgan fingerprint density at radius 3 is 2.00 bits per heavy atom. The SMILES string of the molecule is COc1ccc(Oc2cc(OC)ccc2C#N)cc1. The van der Waals surface area contributed by atoms with E-state index in [4.69, 9.17) is 19.5 Å². The summed E-state index contributed by atoms with van der Waals surface area (Å²) >= 11 is 0. The lowest BCUT2D eigenvalue weighted by atomic mass is 10.2. The van der Waals surface area contributed by atoms with Crippen molar-refractivity contribution in [2.75, 3.05) is 14.2 Å². The second kappa shape index (κ2) is 5.78. The summed E-state index contributed by atoms with van der Waals surface area (Å²) in [5, 5.41) is 9.05. The van der Waals surface area contributed by atoms with Gasteiger partial charge in [-0.3, -0.25) is 0 Å². The molecule has 0 spiro atoms. The molecule has 0 N–H and O–H groups in total. The van der Waals surface area contributed by atoms with Gasteiger partial charge in [0.05, 0.1) is 19.8 Å². The van der Waals surface area contributed by atoms with Gasteiger partial charge in [0, 0.05) is 6.07 Å². The number of methoxy groups -OCH3 is 2. The first-order chi connectivity index (χ1) is 9.26. The van der Waals surface area contributed by atoms with E-state index in [-0.39, 0.29) is 0 Å². The Balaban J connectivity index is 2.28. The summed E-state index contributed by atoms with van der Waals surface area (Å²) in [5.41, 5.74) is 0.455. The van der Waals surface area contributed by atoms with Gasteiger partial charge in [0.1, 0.15) is 29.1 Å². The lowest BCUT2D eigenvalue weighted by molar-refractivity contribution is 0.407. The molecule has 19 heavy (non-hydrogen) atoms. The van der Waals surface area contributed by atoms with E-state index in [0.717, 1.165) is 5.75 Å². The lowest BCUT2D eigenvalue weighted by Gasteiger charge is -2.09. The van der Waals surface area contributed by atoms with E-state index in [2.05, 4.69) is 6.07 Å². The second-order valence-electron chi connectivity index (χ2n) is 3.75. The Hall–Kier alpha value is -2.67. The molecule has 0 atom stereocenters. The van der Waals surface area contributed by atoms with Crippen LogP contribution >= 0.6 is 0 Å². The minimum absolute atomic E-state index is 0.455. The van der Waals surface area contributed by atoms with Gasteiger partial charge in [-0.05, 0) is 36.4 Å². The molecule has 0 aliphatic rings. The fourth-order valence-corrected chi connectivity index (χ4v) is 1.58. The van der Waals surface area contributed by atoms with Crippen LogP contribution in [0.5, 0.6) is 23.0 Å². The molecule has 2 rings (SSSR count). The second-order valence-corrected chi connectivity index (χ2v) is 3.75. The highest BCUT2D eigenvalue weighted by atomic mass is 16.5. The van der Waals surface area contributed by atoms with Crippen molar-refractivity contribution in [2.24, 2.45) is 0 Å². The number of hydrogen-bond acceptors (Lipinski definition) is 4. The first-order valence-corrected chi connectivity index (χ1v) is 5.67. The van der Waals surface area contributed by atoms with Crippen molar-refractivity contribution in [2.45, 2.75) is 0 Å². The number of nitrogens with zero attached hydrogens (tertiary/aromatic N) is 1. The summed E-state index contributed by atoms with van der Waals surface area (Å²) in [6, 6.07) is 14.3. The maximum atomic E-state index is 9.05. The Morgan fingerprint density at radius 2 is 1.42 bits per heavy atom. The average molecular weight is 255 g/mol. The van der Waals surface area contributed by atoms with Crippen LogP contribution < -0.4 is 14.2 Å². The van der Waals surface area contributed by atoms with Gasteiger partial charge in [-0.15, -0.1) is 0 Å². The van der Waals surface area contributed by atoms with Crippen LogP contribution in [-0.2, 0) is 0 Å². The minimum Gasteiger partial charge on any atom is -0.497 e. The zero-order chi connectivity index (χ0) is 13.7. The molecule has 0 radical (unpaired) electrons. The standard InChI is InChI=1S/C15H13NO3/c1-17-12-5-7-13(8-6-12)19-15-9-14(18-2)4-3-11(15)10-16/h3-9H,1-2H3. The van der Waals surface area contributed by atoms with E-state index in [0.29, 0.717) is 22.8 Å². The topological polar surface area (TPSA) is 51.5 Å². The summed E-state index contributed by atoms with van der Waals surface area (Å²) in [5.74, 6) is 2.48. The first-order valence-electron chi connectivity index (χ1n) is 5.67. The third-order valence-electron chi connectivity index (χ3n) is 2.60. The van der Waals surface area contributed by atoms with Crippen molar-refractivity contribution in [1.29, 1.82) is 5.26 Å². The molecule has 0 aromatic heterocycles. The highest BCUT2D eigenvalue weighted by Crippen LogP contribution is 2.29. The van der Waals surface area contributed by atoms with Gasteiger partial charge in [-0.25, -0.2) is 0 Å². The molecule has 4 nitrogen and oxygen atoms in total. The van der Waals surface area contributed by atoms with E-state index in [9.17, 15) is 0 Å². The molecule has 0 bridgehead atoms. The van der Waals surface area contributed by atoms with Crippen LogP contribution in [0.3, 0.4) is 0 Å². The summed E-state index contributed by atoms with van der Waals surface area (Å²) in [6.07, 6.45) is 0. The Kier molecular flexibility index (Phi) is 3.89. The van der Waals surface area contributed by atoms with Crippen LogP contribution in [0, 0.1) is 11.3 Å². The maximum Gasteiger partial charge on any atom is 0.148 e. The van der Waals surface area contributed by atoms with Gasteiger partial charge in [-0.2, -0.15) is 5.26 Å². The summed E-state index contributed by atoms with van der Waals surface area (Å²) in [4.78, 5) is 0. The molecule has 2 aromatic carbocycles. The Labute approximate surface area is 111 Å². The quantitative estimate of drug-likeness (QED) is 0.840. The third-order valence-corrected chi connectivity index (χ3v) is 2.60. The molecule has 0 aliphatic carbocycles. The third kappa shape index (κ3) is 2.96. The van der Waals surface area contributed by atoms with Crippen LogP contribution in [-0.4, -0.2) is 14.2 Å². The highest BCUT2D eigenvalue weighted by Gasteiger charge is 2.06. The van der Waals surface area contributed by atoms with Gasteiger partial charge in [0.25, 0.3) is 0 Å². The van der Waals surface area contributed by atoms with Gasteiger partial charge in [-0.1, -0.05) is 0 Å². The Bertz CT molecular complexity index is 600. The van der Waals surface area contributed by atoms with Crippen molar-refractivity contribution < 1.29 is 14.2 Å². The van der Waals surface area contributed by atoms with Crippen molar-refractivity contribution in [1.82, 2.24) is 0 Å². The number of nitriles is 1. The van der Waals surface area contributed by atoms with E-state index in [1.165, 1.54) is 0 Å². The predicted molar refractivity (Wildman–Crippen MR) is 70.8 cm³/mol. The normalized spacial score (nSPS) is 9.53. The minimum atomic E-state index is 0.455. The molecule has 0 saturated carbocycles. The Morgan fingerprint density at radius 1 is 0.842 bits per heavy atom. The number of ether oxygens (including phenoxy) is 3. The van der Waals surface area contributed by atoms with Gasteiger partial charge < -0.3 is 14.2 Å². The zero-order valence-electron chi connectivity index (χ0n) is 10.7. The average Bonchev–Trinajstić information content (AvgIpc) is 2.48. The predicted octanol–water partition coefficient (Wildman–Crippen LogP) is 3.37. The fourth-order valence-electron chi connectivity index (χ4n) is 1.58. The van der Waals surface area contributed by atoms with E-state index >= 15 is 0 Å². The first kappa shape index (κ1) is 12.8.